The number of carbonyl (C=O) groups is 1. The lowest BCUT2D eigenvalue weighted by Crippen LogP contribution is -2.01. The molecule has 2 rings (SSSR count). The highest BCUT2D eigenvalue weighted by Gasteiger charge is 1.97. The number of ether oxygens (including phenoxy) is 1. The zero-order chi connectivity index (χ0) is 13.9. The fraction of sp³-hybridized carbons (Fsp3) is 0.235. The van der Waals surface area contributed by atoms with Crippen molar-refractivity contribution in [3.63, 3.8) is 0 Å². The van der Waals surface area contributed by atoms with Crippen LogP contribution in [0.4, 0.5) is 0 Å². The van der Waals surface area contributed by atoms with Crippen molar-refractivity contribution in [1.82, 2.24) is 0 Å². The molecule has 2 aromatic carbocycles. The summed E-state index contributed by atoms with van der Waals surface area (Å²) in [6, 6.07) is 19.9. The molecule has 2 heteroatoms. The van der Waals surface area contributed by atoms with Gasteiger partial charge in [-0.25, -0.2) is 0 Å². The van der Waals surface area contributed by atoms with Gasteiger partial charge in [0.2, 0.25) is 0 Å². The van der Waals surface area contributed by atoms with Gasteiger partial charge in [0, 0.05) is 6.42 Å². The van der Waals surface area contributed by atoms with Crippen LogP contribution in [0.2, 0.25) is 0 Å². The van der Waals surface area contributed by atoms with E-state index in [1.54, 1.807) is 6.92 Å². The molecule has 2 aromatic rings. The van der Waals surface area contributed by atoms with Crippen molar-refractivity contribution in [2.24, 2.45) is 0 Å². The minimum absolute atomic E-state index is 0.154. The van der Waals surface area contributed by atoms with E-state index in [-0.39, 0.29) is 5.97 Å². The van der Waals surface area contributed by atoms with Crippen LogP contribution in [-0.2, 0) is 16.1 Å². The predicted molar refractivity (Wildman–Crippen MR) is 77.7 cm³/mol. The molecule has 0 spiro atoms. The second kappa shape index (κ2) is 8.92. The number of aryl methyl sites for hydroxylation is 1. The smallest absolute Gasteiger partial charge is 0.305 e. The molecule has 19 heavy (non-hydrogen) atoms. The number of hydrogen-bond donors (Lipinski definition) is 0. The molecule has 0 heterocycles. The fourth-order valence-electron chi connectivity index (χ4n) is 1.37. The SMILES string of the molecule is CCC(=O)OCc1ccccc1.Cc1ccccc1. The Morgan fingerprint density at radius 1 is 0.947 bits per heavy atom. The Labute approximate surface area is 115 Å². The Morgan fingerprint density at radius 3 is 1.89 bits per heavy atom. The van der Waals surface area contributed by atoms with Gasteiger partial charge in [-0.05, 0) is 12.5 Å². The first-order valence-electron chi connectivity index (χ1n) is 6.43. The summed E-state index contributed by atoms with van der Waals surface area (Å²) in [7, 11) is 0. The molecule has 0 unspecified atom stereocenters. The van der Waals surface area contributed by atoms with Crippen LogP contribution < -0.4 is 0 Å². The molecule has 0 amide bonds. The van der Waals surface area contributed by atoms with Crippen molar-refractivity contribution in [2.45, 2.75) is 26.9 Å². The molecule has 0 bridgehead atoms. The van der Waals surface area contributed by atoms with Gasteiger partial charge in [0.1, 0.15) is 6.61 Å². The molecule has 0 aliphatic carbocycles. The van der Waals surface area contributed by atoms with Crippen molar-refractivity contribution in [3.8, 4) is 0 Å². The molecule has 0 aliphatic rings. The number of hydrogen-bond acceptors (Lipinski definition) is 2. The average Bonchev–Trinajstić information content (AvgIpc) is 2.47. The van der Waals surface area contributed by atoms with E-state index >= 15 is 0 Å². The van der Waals surface area contributed by atoms with Crippen LogP contribution in [0, 0.1) is 6.92 Å². The van der Waals surface area contributed by atoms with E-state index < -0.39 is 0 Å². The Balaban J connectivity index is 0.000000218. The van der Waals surface area contributed by atoms with Crippen LogP contribution in [0.3, 0.4) is 0 Å². The first-order chi connectivity index (χ1) is 9.22. The molecule has 0 radical (unpaired) electrons. The van der Waals surface area contributed by atoms with Gasteiger partial charge < -0.3 is 4.74 Å². The molecule has 2 nitrogen and oxygen atoms in total. The predicted octanol–water partition coefficient (Wildman–Crippen LogP) is 4.13. The Morgan fingerprint density at radius 2 is 1.47 bits per heavy atom. The van der Waals surface area contributed by atoms with Crippen LogP contribution >= 0.6 is 0 Å². The number of benzene rings is 2. The van der Waals surface area contributed by atoms with Gasteiger partial charge in [0.15, 0.2) is 0 Å². The largest absolute Gasteiger partial charge is 0.461 e. The minimum atomic E-state index is -0.154. The van der Waals surface area contributed by atoms with E-state index in [1.165, 1.54) is 5.56 Å². The second-order valence-corrected chi connectivity index (χ2v) is 4.15. The molecule has 0 N–H and O–H groups in total. The summed E-state index contributed by atoms with van der Waals surface area (Å²) in [6.07, 6.45) is 0.437. The molecule has 0 atom stereocenters. The first-order valence-corrected chi connectivity index (χ1v) is 6.43. The van der Waals surface area contributed by atoms with E-state index in [4.69, 9.17) is 4.74 Å². The molecule has 100 valence electrons. The topological polar surface area (TPSA) is 26.3 Å². The van der Waals surface area contributed by atoms with Crippen molar-refractivity contribution < 1.29 is 9.53 Å². The van der Waals surface area contributed by atoms with E-state index in [2.05, 4.69) is 19.1 Å². The molecule has 0 fully saturated rings. The highest BCUT2D eigenvalue weighted by Crippen LogP contribution is 2.01. The molecular weight excluding hydrogens is 236 g/mol. The van der Waals surface area contributed by atoms with Gasteiger partial charge in [-0.15, -0.1) is 0 Å². The summed E-state index contributed by atoms with van der Waals surface area (Å²) >= 11 is 0. The van der Waals surface area contributed by atoms with Crippen molar-refractivity contribution in [3.05, 3.63) is 71.8 Å². The Kier molecular flexibility index (Phi) is 7.03. The number of rotatable bonds is 3. The maximum Gasteiger partial charge on any atom is 0.305 e. The fourth-order valence-corrected chi connectivity index (χ4v) is 1.37. The molecule has 0 aromatic heterocycles. The van der Waals surface area contributed by atoms with Gasteiger partial charge in [0.05, 0.1) is 0 Å². The third-order valence-corrected chi connectivity index (χ3v) is 2.47. The van der Waals surface area contributed by atoms with Crippen molar-refractivity contribution in [1.29, 1.82) is 0 Å². The van der Waals surface area contributed by atoms with E-state index in [9.17, 15) is 4.79 Å². The van der Waals surface area contributed by atoms with Crippen LogP contribution in [-0.4, -0.2) is 5.97 Å². The third-order valence-electron chi connectivity index (χ3n) is 2.47. The summed E-state index contributed by atoms with van der Waals surface area (Å²) < 4.78 is 4.94. The van der Waals surface area contributed by atoms with Gasteiger partial charge in [-0.1, -0.05) is 73.2 Å². The number of esters is 1. The van der Waals surface area contributed by atoms with Gasteiger partial charge >= 0.3 is 5.97 Å². The summed E-state index contributed by atoms with van der Waals surface area (Å²) in [4.78, 5) is 10.8. The normalized spacial score (nSPS) is 9.16. The average molecular weight is 256 g/mol. The number of carbonyl (C=O) groups excluding carboxylic acids is 1. The third kappa shape index (κ3) is 7.04. The highest BCUT2D eigenvalue weighted by molar-refractivity contribution is 5.68. The van der Waals surface area contributed by atoms with Gasteiger partial charge in [-0.2, -0.15) is 0 Å². The molecular formula is C17H20O2. The van der Waals surface area contributed by atoms with E-state index in [0.717, 1.165) is 5.56 Å². The van der Waals surface area contributed by atoms with Crippen molar-refractivity contribution >= 4 is 5.97 Å². The highest BCUT2D eigenvalue weighted by atomic mass is 16.5. The van der Waals surface area contributed by atoms with Crippen LogP contribution in [0.15, 0.2) is 60.7 Å². The van der Waals surface area contributed by atoms with Crippen molar-refractivity contribution in [2.75, 3.05) is 0 Å². The van der Waals surface area contributed by atoms with E-state index in [0.29, 0.717) is 13.0 Å². The zero-order valence-corrected chi connectivity index (χ0v) is 11.5. The lowest BCUT2D eigenvalue weighted by molar-refractivity contribution is -0.144. The van der Waals surface area contributed by atoms with Crippen LogP contribution in [0.25, 0.3) is 0 Å². The van der Waals surface area contributed by atoms with Crippen LogP contribution in [0.5, 0.6) is 0 Å². The maximum atomic E-state index is 10.8. The lowest BCUT2D eigenvalue weighted by atomic mass is 10.2. The van der Waals surface area contributed by atoms with E-state index in [1.807, 2.05) is 48.5 Å². The minimum Gasteiger partial charge on any atom is -0.461 e. The molecule has 0 aliphatic heterocycles. The summed E-state index contributed by atoms with van der Waals surface area (Å²) in [5, 5.41) is 0. The summed E-state index contributed by atoms with van der Waals surface area (Å²) in [5.74, 6) is -0.154. The lowest BCUT2D eigenvalue weighted by Gasteiger charge is -2.01. The summed E-state index contributed by atoms with van der Waals surface area (Å²) in [6.45, 7) is 4.25. The Hall–Kier alpha value is -2.09. The van der Waals surface area contributed by atoms with Gasteiger partial charge in [0.25, 0.3) is 0 Å². The zero-order valence-electron chi connectivity index (χ0n) is 11.5. The Bertz CT molecular complexity index is 463. The molecule has 0 saturated carbocycles. The van der Waals surface area contributed by atoms with Gasteiger partial charge in [-0.3, -0.25) is 4.79 Å². The second-order valence-electron chi connectivity index (χ2n) is 4.15. The van der Waals surface area contributed by atoms with Crippen LogP contribution in [0.1, 0.15) is 24.5 Å². The quantitative estimate of drug-likeness (QED) is 0.772. The standard InChI is InChI=1S/C10H12O2.C7H8/c1-2-10(11)12-8-9-6-4-3-5-7-9;1-7-5-3-2-4-6-7/h3-7H,2,8H2,1H3;2-6H,1H3. The first kappa shape index (κ1) is 15.0. The maximum absolute atomic E-state index is 10.8. The molecule has 0 saturated heterocycles. The summed E-state index contributed by atoms with van der Waals surface area (Å²) in [5.41, 5.74) is 2.35. The monoisotopic (exact) mass is 256 g/mol.